The third-order valence-electron chi connectivity index (χ3n) is 7.16. The standard InChI is InChI=1S/C29H31N5O3/c35-26(31-25-13-7-8-16-30-25)24-14-17-33(18-15-24)21-34-27(36)29(32-28(34)37,19-22-9-3-1-4-10-22)20-23-11-5-2-6-12-23/h1-13,16,24H,14-15,17-21H2,(H,32,37)(H,30,31,35). The van der Waals surface area contributed by atoms with Crippen LogP contribution in [0.15, 0.2) is 85.1 Å². The molecule has 3 aromatic rings. The van der Waals surface area contributed by atoms with E-state index >= 15 is 0 Å². The number of aromatic nitrogens is 1. The minimum Gasteiger partial charge on any atom is -0.322 e. The number of benzene rings is 2. The molecule has 2 fully saturated rings. The minimum atomic E-state index is -1.04. The molecular formula is C29H31N5O3. The predicted octanol–water partition coefficient (Wildman–Crippen LogP) is 3.47. The van der Waals surface area contributed by atoms with E-state index < -0.39 is 5.54 Å². The number of piperidine rings is 1. The first kappa shape index (κ1) is 24.6. The van der Waals surface area contributed by atoms with E-state index in [-0.39, 0.29) is 30.4 Å². The molecule has 0 unspecified atom stereocenters. The van der Waals surface area contributed by atoms with Crippen LogP contribution in [0.3, 0.4) is 0 Å². The molecule has 0 spiro atoms. The van der Waals surface area contributed by atoms with E-state index in [0.717, 1.165) is 11.1 Å². The molecule has 2 aliphatic heterocycles. The molecule has 2 aromatic carbocycles. The Morgan fingerprint density at radius 3 is 2.05 bits per heavy atom. The van der Waals surface area contributed by atoms with E-state index in [1.165, 1.54) is 4.90 Å². The number of carbonyl (C=O) groups is 3. The fourth-order valence-electron chi connectivity index (χ4n) is 5.20. The monoisotopic (exact) mass is 497 g/mol. The quantitative estimate of drug-likeness (QED) is 0.465. The Labute approximate surface area is 216 Å². The van der Waals surface area contributed by atoms with E-state index in [0.29, 0.717) is 44.6 Å². The molecule has 0 saturated carbocycles. The van der Waals surface area contributed by atoms with E-state index in [1.54, 1.807) is 18.3 Å². The maximum absolute atomic E-state index is 13.8. The number of likely N-dealkylation sites (tertiary alicyclic amines) is 1. The number of nitrogens with one attached hydrogen (secondary N) is 2. The van der Waals surface area contributed by atoms with Crippen LogP contribution in [0.2, 0.25) is 0 Å². The lowest BCUT2D eigenvalue weighted by Crippen LogP contribution is -2.52. The molecule has 0 atom stereocenters. The van der Waals surface area contributed by atoms with E-state index in [9.17, 15) is 14.4 Å². The maximum atomic E-state index is 13.8. The number of anilines is 1. The zero-order valence-corrected chi connectivity index (χ0v) is 20.7. The summed E-state index contributed by atoms with van der Waals surface area (Å²) in [6, 6.07) is 24.6. The van der Waals surface area contributed by atoms with Crippen molar-refractivity contribution in [3.8, 4) is 0 Å². The normalized spacial score (nSPS) is 18.0. The Balaban J connectivity index is 1.25. The smallest absolute Gasteiger partial charge is 0.322 e. The van der Waals surface area contributed by atoms with Crippen LogP contribution >= 0.6 is 0 Å². The number of nitrogens with zero attached hydrogens (tertiary/aromatic N) is 3. The molecule has 3 heterocycles. The molecule has 2 N–H and O–H groups in total. The minimum absolute atomic E-state index is 0.0434. The van der Waals surface area contributed by atoms with Gasteiger partial charge >= 0.3 is 6.03 Å². The summed E-state index contributed by atoms with van der Waals surface area (Å²) in [6.45, 7) is 1.47. The molecule has 37 heavy (non-hydrogen) atoms. The van der Waals surface area contributed by atoms with Gasteiger partial charge in [-0.3, -0.25) is 14.5 Å². The van der Waals surface area contributed by atoms with Gasteiger partial charge in [0.2, 0.25) is 5.91 Å². The summed E-state index contributed by atoms with van der Waals surface area (Å²) in [5.74, 6) is 0.164. The average molecular weight is 498 g/mol. The van der Waals surface area contributed by atoms with E-state index in [1.807, 2.05) is 66.7 Å². The second-order valence-electron chi connectivity index (χ2n) is 9.81. The molecule has 2 aliphatic rings. The lowest BCUT2D eigenvalue weighted by Gasteiger charge is -2.33. The summed E-state index contributed by atoms with van der Waals surface area (Å²) in [6.07, 6.45) is 3.79. The number of pyridine rings is 1. The number of imide groups is 1. The predicted molar refractivity (Wildman–Crippen MR) is 140 cm³/mol. The number of amides is 4. The fourth-order valence-corrected chi connectivity index (χ4v) is 5.20. The molecule has 8 heteroatoms. The van der Waals surface area contributed by atoms with Gasteiger partial charge in [-0.1, -0.05) is 66.7 Å². The van der Waals surface area contributed by atoms with Gasteiger partial charge < -0.3 is 10.6 Å². The first-order valence-electron chi connectivity index (χ1n) is 12.7. The van der Waals surface area contributed by atoms with Crippen molar-refractivity contribution in [3.05, 3.63) is 96.2 Å². The lowest BCUT2D eigenvalue weighted by molar-refractivity contribution is -0.133. The van der Waals surface area contributed by atoms with Crippen LogP contribution in [0.4, 0.5) is 10.6 Å². The highest BCUT2D eigenvalue weighted by Gasteiger charge is 2.51. The second kappa shape index (κ2) is 10.9. The molecule has 0 radical (unpaired) electrons. The second-order valence-corrected chi connectivity index (χ2v) is 9.81. The van der Waals surface area contributed by atoms with Gasteiger partial charge in [-0.2, -0.15) is 0 Å². The first-order valence-corrected chi connectivity index (χ1v) is 12.7. The Bertz CT molecular complexity index is 1190. The van der Waals surface area contributed by atoms with Gasteiger partial charge in [0.15, 0.2) is 0 Å². The van der Waals surface area contributed by atoms with Gasteiger partial charge in [0.1, 0.15) is 11.4 Å². The topological polar surface area (TPSA) is 94.6 Å². The Morgan fingerprint density at radius 2 is 1.49 bits per heavy atom. The Hall–Kier alpha value is -4.04. The van der Waals surface area contributed by atoms with Crippen LogP contribution < -0.4 is 10.6 Å². The summed E-state index contributed by atoms with van der Waals surface area (Å²) in [5.41, 5.74) is 0.947. The highest BCUT2D eigenvalue weighted by atomic mass is 16.2. The van der Waals surface area contributed by atoms with Crippen molar-refractivity contribution in [1.29, 1.82) is 0 Å². The first-order chi connectivity index (χ1) is 18.0. The number of hydrogen-bond donors (Lipinski definition) is 2. The van der Waals surface area contributed by atoms with Crippen LogP contribution in [0, 0.1) is 5.92 Å². The molecule has 1 aromatic heterocycles. The maximum Gasteiger partial charge on any atom is 0.326 e. The average Bonchev–Trinajstić information content (AvgIpc) is 3.14. The van der Waals surface area contributed by atoms with Crippen LogP contribution in [0.1, 0.15) is 24.0 Å². The van der Waals surface area contributed by atoms with Gasteiger partial charge in [0.05, 0.1) is 6.67 Å². The van der Waals surface area contributed by atoms with Crippen molar-refractivity contribution in [2.24, 2.45) is 5.92 Å². The third kappa shape index (κ3) is 5.70. The SMILES string of the molecule is O=C(Nc1ccccn1)C1CCN(CN2C(=O)NC(Cc3ccccc3)(Cc3ccccc3)C2=O)CC1. The van der Waals surface area contributed by atoms with Crippen molar-refractivity contribution in [2.75, 3.05) is 25.1 Å². The summed E-state index contributed by atoms with van der Waals surface area (Å²) >= 11 is 0. The van der Waals surface area contributed by atoms with Crippen molar-refractivity contribution < 1.29 is 14.4 Å². The zero-order valence-electron chi connectivity index (χ0n) is 20.7. The highest BCUT2D eigenvalue weighted by molar-refractivity contribution is 6.07. The molecule has 0 aliphatic carbocycles. The van der Waals surface area contributed by atoms with Gasteiger partial charge in [-0.15, -0.1) is 0 Å². The third-order valence-corrected chi connectivity index (χ3v) is 7.16. The molecule has 2 saturated heterocycles. The molecule has 5 rings (SSSR count). The molecule has 4 amide bonds. The molecule has 8 nitrogen and oxygen atoms in total. The number of hydrogen-bond acceptors (Lipinski definition) is 5. The zero-order chi connectivity index (χ0) is 25.7. The van der Waals surface area contributed by atoms with Crippen LogP contribution in [-0.2, 0) is 22.4 Å². The van der Waals surface area contributed by atoms with Crippen LogP contribution in [0.25, 0.3) is 0 Å². The van der Waals surface area contributed by atoms with Crippen molar-refractivity contribution in [2.45, 2.75) is 31.2 Å². The molecule has 190 valence electrons. The summed E-state index contributed by atoms with van der Waals surface area (Å²) in [7, 11) is 0. The van der Waals surface area contributed by atoms with Crippen molar-refractivity contribution in [1.82, 2.24) is 20.1 Å². The molecule has 0 bridgehead atoms. The van der Waals surface area contributed by atoms with Crippen molar-refractivity contribution in [3.63, 3.8) is 0 Å². The number of carbonyl (C=O) groups excluding carboxylic acids is 3. The van der Waals surface area contributed by atoms with E-state index in [2.05, 4.69) is 20.5 Å². The van der Waals surface area contributed by atoms with E-state index in [4.69, 9.17) is 0 Å². The Morgan fingerprint density at radius 1 is 0.892 bits per heavy atom. The highest BCUT2D eigenvalue weighted by Crippen LogP contribution is 2.28. The fraction of sp³-hybridized carbons (Fsp3) is 0.310. The largest absolute Gasteiger partial charge is 0.326 e. The lowest BCUT2D eigenvalue weighted by atomic mass is 9.84. The van der Waals surface area contributed by atoms with Gasteiger partial charge in [0, 0.05) is 38.0 Å². The summed E-state index contributed by atoms with van der Waals surface area (Å²) < 4.78 is 0. The van der Waals surface area contributed by atoms with Gasteiger partial charge in [-0.05, 0) is 36.1 Å². The summed E-state index contributed by atoms with van der Waals surface area (Å²) in [5, 5.41) is 5.92. The van der Waals surface area contributed by atoms with Crippen LogP contribution in [-0.4, -0.2) is 57.9 Å². The number of rotatable bonds is 8. The van der Waals surface area contributed by atoms with Crippen molar-refractivity contribution >= 4 is 23.7 Å². The summed E-state index contributed by atoms with van der Waals surface area (Å²) in [4.78, 5) is 47.2. The molecular weight excluding hydrogens is 466 g/mol. The van der Waals surface area contributed by atoms with Gasteiger partial charge in [0.25, 0.3) is 5.91 Å². The van der Waals surface area contributed by atoms with Crippen LogP contribution in [0.5, 0.6) is 0 Å². The number of urea groups is 1. The Kier molecular flexibility index (Phi) is 7.28. The van der Waals surface area contributed by atoms with Gasteiger partial charge in [-0.25, -0.2) is 14.7 Å².